The first kappa shape index (κ1) is 9.97. The predicted molar refractivity (Wildman–Crippen MR) is 61.7 cm³/mol. The van der Waals surface area contributed by atoms with E-state index in [-0.39, 0.29) is 5.54 Å². The quantitative estimate of drug-likeness (QED) is 0.844. The molecule has 16 heavy (non-hydrogen) atoms. The molecule has 1 aromatic rings. The molecular formula is C13H17NO2. The van der Waals surface area contributed by atoms with Gasteiger partial charge in [0.05, 0.1) is 0 Å². The zero-order chi connectivity index (χ0) is 11.0. The van der Waals surface area contributed by atoms with Gasteiger partial charge in [-0.05, 0) is 49.8 Å². The summed E-state index contributed by atoms with van der Waals surface area (Å²) in [7, 11) is 0. The Balaban J connectivity index is 1.58. The van der Waals surface area contributed by atoms with Gasteiger partial charge in [0.1, 0.15) is 0 Å². The van der Waals surface area contributed by atoms with Crippen molar-refractivity contribution < 1.29 is 9.47 Å². The standard InChI is InChI=1S/C13H17NO2/c14-13(6-7-13)5-1-2-10-3-4-11-12(8-10)16-9-15-11/h3-4,8H,1-2,5-7,9,14H2. The van der Waals surface area contributed by atoms with Crippen molar-refractivity contribution in [1.29, 1.82) is 0 Å². The van der Waals surface area contributed by atoms with Crippen LogP contribution in [0.2, 0.25) is 0 Å². The number of nitrogens with two attached hydrogens (primary N) is 1. The molecule has 0 aromatic heterocycles. The topological polar surface area (TPSA) is 44.5 Å². The molecule has 2 N–H and O–H groups in total. The van der Waals surface area contributed by atoms with Gasteiger partial charge in [-0.25, -0.2) is 0 Å². The van der Waals surface area contributed by atoms with Gasteiger partial charge in [0, 0.05) is 5.54 Å². The summed E-state index contributed by atoms with van der Waals surface area (Å²) in [6.45, 7) is 0.352. The number of aryl methyl sites for hydroxylation is 1. The molecule has 0 atom stereocenters. The Labute approximate surface area is 95.5 Å². The number of hydrogen-bond acceptors (Lipinski definition) is 3. The van der Waals surface area contributed by atoms with Gasteiger partial charge in [-0.2, -0.15) is 0 Å². The molecule has 2 aliphatic rings. The molecule has 1 aliphatic heterocycles. The van der Waals surface area contributed by atoms with Crippen LogP contribution >= 0.6 is 0 Å². The molecule has 0 radical (unpaired) electrons. The first-order chi connectivity index (χ1) is 7.75. The van der Waals surface area contributed by atoms with E-state index < -0.39 is 0 Å². The number of rotatable bonds is 4. The molecule has 0 bridgehead atoms. The van der Waals surface area contributed by atoms with Crippen LogP contribution in [0.5, 0.6) is 11.5 Å². The van der Waals surface area contributed by atoms with Crippen LogP contribution < -0.4 is 15.2 Å². The van der Waals surface area contributed by atoms with Gasteiger partial charge in [0.25, 0.3) is 0 Å². The number of hydrogen-bond donors (Lipinski definition) is 1. The smallest absolute Gasteiger partial charge is 0.231 e. The first-order valence-corrected chi connectivity index (χ1v) is 5.93. The van der Waals surface area contributed by atoms with E-state index in [9.17, 15) is 0 Å². The molecule has 1 heterocycles. The number of fused-ring (bicyclic) bond motifs is 1. The van der Waals surface area contributed by atoms with Gasteiger partial charge < -0.3 is 15.2 Å². The van der Waals surface area contributed by atoms with Gasteiger partial charge in [0.15, 0.2) is 11.5 Å². The second-order valence-corrected chi connectivity index (χ2v) is 4.90. The van der Waals surface area contributed by atoms with Crippen molar-refractivity contribution in [2.24, 2.45) is 5.73 Å². The van der Waals surface area contributed by atoms with Crippen molar-refractivity contribution in [2.75, 3.05) is 6.79 Å². The highest BCUT2D eigenvalue weighted by molar-refractivity contribution is 5.44. The molecular weight excluding hydrogens is 202 g/mol. The molecule has 0 unspecified atom stereocenters. The summed E-state index contributed by atoms with van der Waals surface area (Å²) in [6, 6.07) is 6.19. The van der Waals surface area contributed by atoms with Gasteiger partial charge >= 0.3 is 0 Å². The maximum Gasteiger partial charge on any atom is 0.231 e. The van der Waals surface area contributed by atoms with Crippen LogP contribution in [-0.4, -0.2) is 12.3 Å². The van der Waals surface area contributed by atoms with E-state index >= 15 is 0 Å². The Hall–Kier alpha value is -1.22. The Kier molecular flexibility index (Phi) is 2.28. The second-order valence-electron chi connectivity index (χ2n) is 4.90. The summed E-state index contributed by atoms with van der Waals surface area (Å²) in [5.41, 5.74) is 7.55. The van der Waals surface area contributed by atoms with E-state index in [0.29, 0.717) is 6.79 Å². The molecule has 0 saturated heterocycles. The summed E-state index contributed by atoms with van der Waals surface area (Å²) < 4.78 is 10.6. The fraction of sp³-hybridized carbons (Fsp3) is 0.538. The van der Waals surface area contributed by atoms with Crippen molar-refractivity contribution >= 4 is 0 Å². The van der Waals surface area contributed by atoms with E-state index in [1.807, 2.05) is 6.07 Å². The minimum absolute atomic E-state index is 0.177. The Morgan fingerprint density at radius 1 is 1.19 bits per heavy atom. The van der Waals surface area contributed by atoms with Crippen molar-refractivity contribution in [3.63, 3.8) is 0 Å². The lowest BCUT2D eigenvalue weighted by Gasteiger charge is -2.08. The fourth-order valence-corrected chi connectivity index (χ4v) is 2.15. The summed E-state index contributed by atoms with van der Waals surface area (Å²) >= 11 is 0. The zero-order valence-electron chi connectivity index (χ0n) is 9.37. The monoisotopic (exact) mass is 219 g/mol. The van der Waals surface area contributed by atoms with Crippen LogP contribution in [0.1, 0.15) is 31.2 Å². The molecule has 0 amide bonds. The summed E-state index contributed by atoms with van der Waals surface area (Å²) in [6.07, 6.45) is 5.79. The van der Waals surface area contributed by atoms with Crippen LogP contribution in [0.3, 0.4) is 0 Å². The van der Waals surface area contributed by atoms with Crippen LogP contribution in [0.4, 0.5) is 0 Å². The lowest BCUT2D eigenvalue weighted by Crippen LogP contribution is -2.21. The summed E-state index contributed by atoms with van der Waals surface area (Å²) in [5.74, 6) is 1.74. The van der Waals surface area contributed by atoms with Gasteiger partial charge in [-0.1, -0.05) is 6.07 Å². The molecule has 1 aliphatic carbocycles. The molecule has 0 spiro atoms. The molecule has 1 fully saturated rings. The molecule has 3 nitrogen and oxygen atoms in total. The zero-order valence-corrected chi connectivity index (χ0v) is 9.37. The van der Waals surface area contributed by atoms with Crippen molar-refractivity contribution in [1.82, 2.24) is 0 Å². The van der Waals surface area contributed by atoms with Gasteiger partial charge in [-0.3, -0.25) is 0 Å². The van der Waals surface area contributed by atoms with Crippen LogP contribution in [-0.2, 0) is 6.42 Å². The van der Waals surface area contributed by atoms with Crippen molar-refractivity contribution in [3.05, 3.63) is 23.8 Å². The average molecular weight is 219 g/mol. The maximum atomic E-state index is 6.06. The van der Waals surface area contributed by atoms with Gasteiger partial charge in [0.2, 0.25) is 6.79 Å². The van der Waals surface area contributed by atoms with Gasteiger partial charge in [-0.15, -0.1) is 0 Å². The molecule has 1 aromatic carbocycles. The lowest BCUT2D eigenvalue weighted by molar-refractivity contribution is 0.174. The van der Waals surface area contributed by atoms with E-state index in [1.54, 1.807) is 0 Å². The first-order valence-electron chi connectivity index (χ1n) is 5.93. The van der Waals surface area contributed by atoms with E-state index in [2.05, 4.69) is 12.1 Å². The molecule has 3 heteroatoms. The second kappa shape index (κ2) is 3.67. The van der Waals surface area contributed by atoms with E-state index in [1.165, 1.54) is 18.4 Å². The minimum atomic E-state index is 0.177. The normalized spacial score (nSPS) is 19.8. The summed E-state index contributed by atoms with van der Waals surface area (Å²) in [5, 5.41) is 0. The van der Waals surface area contributed by atoms with Crippen molar-refractivity contribution in [2.45, 2.75) is 37.6 Å². The van der Waals surface area contributed by atoms with Crippen molar-refractivity contribution in [3.8, 4) is 11.5 Å². The maximum absolute atomic E-state index is 6.06. The Morgan fingerprint density at radius 2 is 2.00 bits per heavy atom. The molecule has 3 rings (SSSR count). The highest BCUT2D eigenvalue weighted by Crippen LogP contribution is 2.37. The Bertz CT molecular complexity index is 399. The number of benzene rings is 1. The van der Waals surface area contributed by atoms with Crippen LogP contribution in [0, 0.1) is 0 Å². The molecule has 86 valence electrons. The third-order valence-corrected chi connectivity index (χ3v) is 3.47. The predicted octanol–water partition coefficient (Wildman–Crippen LogP) is 2.23. The average Bonchev–Trinajstić information content (AvgIpc) is 2.84. The molecule has 1 saturated carbocycles. The summed E-state index contributed by atoms with van der Waals surface area (Å²) in [4.78, 5) is 0. The Morgan fingerprint density at radius 3 is 2.81 bits per heavy atom. The third-order valence-electron chi connectivity index (χ3n) is 3.47. The van der Waals surface area contributed by atoms with Crippen LogP contribution in [0.25, 0.3) is 0 Å². The highest BCUT2D eigenvalue weighted by atomic mass is 16.7. The van der Waals surface area contributed by atoms with E-state index in [4.69, 9.17) is 15.2 Å². The third kappa shape index (κ3) is 2.00. The van der Waals surface area contributed by atoms with E-state index in [0.717, 1.165) is 30.8 Å². The lowest BCUT2D eigenvalue weighted by atomic mass is 10.0. The van der Waals surface area contributed by atoms with Crippen LogP contribution in [0.15, 0.2) is 18.2 Å². The minimum Gasteiger partial charge on any atom is -0.454 e. The largest absolute Gasteiger partial charge is 0.454 e. The SMILES string of the molecule is NC1(CCCc2ccc3c(c2)OCO3)CC1. The fourth-order valence-electron chi connectivity index (χ4n) is 2.15. The number of ether oxygens (including phenoxy) is 2. The highest BCUT2D eigenvalue weighted by Gasteiger charge is 2.36.